The lowest BCUT2D eigenvalue weighted by Crippen LogP contribution is -2.16. The number of esters is 1. The first-order chi connectivity index (χ1) is 11.3. The maximum absolute atomic E-state index is 12.7. The van der Waals surface area contributed by atoms with Gasteiger partial charge in [-0.3, -0.25) is 10.1 Å². The van der Waals surface area contributed by atoms with Crippen LogP contribution in [0, 0.1) is 15.9 Å². The number of carbonyl (C=O) groups is 1. The molecule has 0 unspecified atom stereocenters. The second kappa shape index (κ2) is 7.13. The zero-order chi connectivity index (χ0) is 17.7. The van der Waals surface area contributed by atoms with E-state index in [4.69, 9.17) is 4.74 Å². The molecule has 24 heavy (non-hydrogen) atoms. The fraction of sp³-hybridized carbons (Fsp3) is 0.143. The predicted octanol–water partition coefficient (Wildman–Crippen LogP) is 1.76. The van der Waals surface area contributed by atoms with E-state index in [-0.39, 0.29) is 16.3 Å². The van der Waals surface area contributed by atoms with Crippen LogP contribution in [0.4, 0.5) is 10.1 Å². The highest BCUT2D eigenvalue weighted by Gasteiger charge is 2.19. The molecule has 1 heterocycles. The number of carbonyl (C=O) groups excluding carboxylic acids is 1. The molecule has 8 nitrogen and oxygen atoms in total. The fourth-order valence-corrected chi connectivity index (χ4v) is 2.68. The molecule has 2 rings (SSSR count). The van der Waals surface area contributed by atoms with E-state index in [9.17, 15) is 27.7 Å². The van der Waals surface area contributed by atoms with Gasteiger partial charge in [0.1, 0.15) is 18.6 Å². The standard InChI is InChI=1S/C14H11FN2O6S/c15-11-3-1-10(2-4-11)14(18)23-7-8-24(21,22)13-6-5-12(9-16-13)17(19)20/h1-6,9H,7-8H2. The number of ether oxygens (including phenoxy) is 1. The molecule has 0 saturated heterocycles. The Bertz CT molecular complexity index is 850. The molecule has 0 saturated carbocycles. The van der Waals surface area contributed by atoms with Gasteiger partial charge in [-0.2, -0.15) is 0 Å². The van der Waals surface area contributed by atoms with Gasteiger partial charge in [-0.15, -0.1) is 0 Å². The van der Waals surface area contributed by atoms with Crippen molar-refractivity contribution >= 4 is 21.5 Å². The molecule has 0 N–H and O–H groups in total. The zero-order valence-corrected chi connectivity index (χ0v) is 12.9. The first-order valence-corrected chi connectivity index (χ1v) is 8.21. The number of aromatic nitrogens is 1. The van der Waals surface area contributed by atoms with E-state index < -0.39 is 38.9 Å². The molecular weight excluding hydrogens is 343 g/mol. The Labute approximate surface area is 136 Å². The van der Waals surface area contributed by atoms with Crippen LogP contribution in [0.3, 0.4) is 0 Å². The number of hydrogen-bond donors (Lipinski definition) is 0. The van der Waals surface area contributed by atoms with Gasteiger partial charge in [-0.1, -0.05) is 0 Å². The number of sulfone groups is 1. The number of nitrogens with zero attached hydrogens (tertiary/aromatic N) is 2. The molecule has 0 atom stereocenters. The van der Waals surface area contributed by atoms with Crippen LogP contribution in [0.2, 0.25) is 0 Å². The van der Waals surface area contributed by atoms with Crippen LogP contribution < -0.4 is 0 Å². The normalized spacial score (nSPS) is 11.0. The Kier molecular flexibility index (Phi) is 5.19. The van der Waals surface area contributed by atoms with Gasteiger partial charge in [0.25, 0.3) is 5.69 Å². The molecule has 0 amide bonds. The van der Waals surface area contributed by atoms with Gasteiger partial charge < -0.3 is 4.74 Å². The highest BCUT2D eigenvalue weighted by atomic mass is 32.2. The molecule has 0 aliphatic carbocycles. The Morgan fingerprint density at radius 2 is 1.88 bits per heavy atom. The molecule has 0 fully saturated rings. The van der Waals surface area contributed by atoms with Gasteiger partial charge in [0.2, 0.25) is 0 Å². The fourth-order valence-electron chi connectivity index (χ4n) is 1.68. The van der Waals surface area contributed by atoms with Crippen LogP contribution in [0.1, 0.15) is 10.4 Å². The maximum atomic E-state index is 12.7. The summed E-state index contributed by atoms with van der Waals surface area (Å²) in [6.07, 6.45) is 0.831. The van der Waals surface area contributed by atoms with Crippen LogP contribution in [0.15, 0.2) is 47.6 Å². The van der Waals surface area contributed by atoms with Crippen molar-refractivity contribution < 1.29 is 27.3 Å². The van der Waals surface area contributed by atoms with Crippen LogP contribution in [-0.4, -0.2) is 36.7 Å². The summed E-state index contributed by atoms with van der Waals surface area (Å²) >= 11 is 0. The Hall–Kier alpha value is -2.88. The average molecular weight is 354 g/mol. The van der Waals surface area contributed by atoms with Crippen molar-refractivity contribution in [2.24, 2.45) is 0 Å². The van der Waals surface area contributed by atoms with Crippen molar-refractivity contribution in [1.29, 1.82) is 0 Å². The zero-order valence-electron chi connectivity index (χ0n) is 12.1. The van der Waals surface area contributed by atoms with Crippen LogP contribution in [0.25, 0.3) is 0 Å². The number of pyridine rings is 1. The third kappa shape index (κ3) is 4.32. The number of nitro groups is 1. The summed E-state index contributed by atoms with van der Waals surface area (Å²) in [5, 5.41) is 10.1. The van der Waals surface area contributed by atoms with Crippen LogP contribution in [0.5, 0.6) is 0 Å². The van der Waals surface area contributed by atoms with Gasteiger partial charge in [0, 0.05) is 6.07 Å². The molecular formula is C14H11FN2O6S. The number of hydrogen-bond acceptors (Lipinski definition) is 7. The number of halogens is 1. The lowest BCUT2D eigenvalue weighted by molar-refractivity contribution is -0.385. The lowest BCUT2D eigenvalue weighted by Gasteiger charge is -2.06. The van der Waals surface area contributed by atoms with E-state index >= 15 is 0 Å². The molecule has 0 spiro atoms. The third-order valence-electron chi connectivity index (χ3n) is 2.92. The lowest BCUT2D eigenvalue weighted by atomic mass is 10.2. The Morgan fingerprint density at radius 1 is 1.21 bits per heavy atom. The molecule has 1 aromatic heterocycles. The summed E-state index contributed by atoms with van der Waals surface area (Å²) in [6.45, 7) is -0.433. The minimum absolute atomic E-state index is 0.0854. The summed E-state index contributed by atoms with van der Waals surface area (Å²) in [5.41, 5.74) is -0.251. The van der Waals surface area contributed by atoms with Crippen molar-refractivity contribution in [2.45, 2.75) is 5.03 Å². The van der Waals surface area contributed by atoms with E-state index in [1.165, 1.54) is 12.1 Å². The number of benzene rings is 1. The quantitative estimate of drug-likeness (QED) is 0.441. The van der Waals surface area contributed by atoms with Crippen molar-refractivity contribution in [3.8, 4) is 0 Å². The molecule has 10 heteroatoms. The van der Waals surface area contributed by atoms with E-state index in [2.05, 4.69) is 4.98 Å². The maximum Gasteiger partial charge on any atom is 0.338 e. The van der Waals surface area contributed by atoms with Crippen LogP contribution >= 0.6 is 0 Å². The van der Waals surface area contributed by atoms with Crippen molar-refractivity contribution in [2.75, 3.05) is 12.4 Å². The molecule has 2 aromatic rings. The van der Waals surface area contributed by atoms with Crippen molar-refractivity contribution in [3.63, 3.8) is 0 Å². The topological polar surface area (TPSA) is 116 Å². The summed E-state index contributed by atoms with van der Waals surface area (Å²) in [4.78, 5) is 25.0. The number of rotatable bonds is 6. The van der Waals surface area contributed by atoms with E-state index in [1.807, 2.05) is 0 Å². The largest absolute Gasteiger partial charge is 0.461 e. The van der Waals surface area contributed by atoms with E-state index in [0.29, 0.717) is 0 Å². The highest BCUT2D eigenvalue weighted by Crippen LogP contribution is 2.14. The van der Waals surface area contributed by atoms with E-state index in [0.717, 1.165) is 30.5 Å². The second-order valence-corrected chi connectivity index (χ2v) is 6.63. The van der Waals surface area contributed by atoms with E-state index in [1.54, 1.807) is 0 Å². The van der Waals surface area contributed by atoms with Gasteiger partial charge in [-0.05, 0) is 30.3 Å². The molecule has 0 aliphatic rings. The molecule has 0 aliphatic heterocycles. The summed E-state index contributed by atoms with van der Waals surface area (Å²) in [6, 6.07) is 6.61. The van der Waals surface area contributed by atoms with Gasteiger partial charge in [0.15, 0.2) is 14.9 Å². The predicted molar refractivity (Wildman–Crippen MR) is 79.6 cm³/mol. The summed E-state index contributed by atoms with van der Waals surface area (Å²) in [7, 11) is -3.86. The summed E-state index contributed by atoms with van der Waals surface area (Å²) < 4.78 is 41.6. The van der Waals surface area contributed by atoms with Crippen molar-refractivity contribution in [3.05, 3.63) is 64.1 Å². The van der Waals surface area contributed by atoms with Gasteiger partial charge in [0.05, 0.1) is 16.2 Å². The van der Waals surface area contributed by atoms with Gasteiger partial charge >= 0.3 is 5.97 Å². The summed E-state index contributed by atoms with van der Waals surface area (Å²) in [5.74, 6) is -1.84. The molecule has 0 radical (unpaired) electrons. The molecule has 126 valence electrons. The second-order valence-electron chi connectivity index (χ2n) is 4.57. The highest BCUT2D eigenvalue weighted by molar-refractivity contribution is 7.91. The minimum atomic E-state index is -3.86. The van der Waals surface area contributed by atoms with Crippen LogP contribution in [-0.2, 0) is 14.6 Å². The SMILES string of the molecule is O=C(OCCS(=O)(=O)c1ccc([N+](=O)[O-])cn1)c1ccc(F)cc1. The first kappa shape index (κ1) is 17.5. The molecule has 1 aromatic carbocycles. The molecule has 0 bridgehead atoms. The average Bonchev–Trinajstić information content (AvgIpc) is 2.55. The Morgan fingerprint density at radius 3 is 2.42 bits per heavy atom. The third-order valence-corrected chi connectivity index (χ3v) is 4.50. The van der Waals surface area contributed by atoms with Gasteiger partial charge in [-0.25, -0.2) is 22.6 Å². The monoisotopic (exact) mass is 354 g/mol. The smallest absolute Gasteiger partial charge is 0.338 e. The minimum Gasteiger partial charge on any atom is -0.461 e. The Balaban J connectivity index is 1.96. The first-order valence-electron chi connectivity index (χ1n) is 6.55. The van der Waals surface area contributed by atoms with Crippen molar-refractivity contribution in [1.82, 2.24) is 4.98 Å².